The highest BCUT2D eigenvalue weighted by molar-refractivity contribution is 9.11. The zero-order valence-corrected chi connectivity index (χ0v) is 13.7. The van der Waals surface area contributed by atoms with Crippen molar-refractivity contribution >= 4 is 54.1 Å². The number of anilines is 2. The Kier molecular flexibility index (Phi) is 4.05. The first-order chi connectivity index (χ1) is 8.52. The van der Waals surface area contributed by atoms with Crippen LogP contribution in [0.1, 0.15) is 16.8 Å². The van der Waals surface area contributed by atoms with Crippen molar-refractivity contribution in [3.63, 3.8) is 0 Å². The van der Waals surface area contributed by atoms with Crippen molar-refractivity contribution in [3.8, 4) is 6.07 Å². The van der Waals surface area contributed by atoms with Crippen molar-refractivity contribution < 1.29 is 0 Å². The van der Waals surface area contributed by atoms with Gasteiger partial charge in [0.15, 0.2) is 0 Å². The van der Waals surface area contributed by atoms with Crippen LogP contribution in [0.25, 0.3) is 0 Å². The van der Waals surface area contributed by atoms with Gasteiger partial charge in [0, 0.05) is 8.95 Å². The van der Waals surface area contributed by atoms with E-state index in [9.17, 15) is 0 Å². The van der Waals surface area contributed by atoms with Gasteiger partial charge in [-0.2, -0.15) is 9.64 Å². The van der Waals surface area contributed by atoms with Gasteiger partial charge >= 0.3 is 0 Å². The lowest BCUT2D eigenvalue weighted by Gasteiger charge is -2.10. The van der Waals surface area contributed by atoms with Crippen molar-refractivity contribution in [1.29, 1.82) is 5.26 Å². The van der Waals surface area contributed by atoms with Crippen LogP contribution in [-0.4, -0.2) is 4.37 Å². The number of rotatable bonds is 2. The lowest BCUT2D eigenvalue weighted by Crippen LogP contribution is -1.93. The number of halogens is 2. The Morgan fingerprint density at radius 2 is 1.89 bits per heavy atom. The molecule has 18 heavy (non-hydrogen) atoms. The van der Waals surface area contributed by atoms with E-state index in [0.29, 0.717) is 5.56 Å². The van der Waals surface area contributed by atoms with E-state index in [4.69, 9.17) is 5.26 Å². The van der Waals surface area contributed by atoms with Gasteiger partial charge in [0.1, 0.15) is 16.6 Å². The van der Waals surface area contributed by atoms with Crippen molar-refractivity contribution in [1.82, 2.24) is 4.37 Å². The molecule has 0 aliphatic rings. The summed E-state index contributed by atoms with van der Waals surface area (Å²) in [7, 11) is 0. The molecule has 1 aromatic carbocycles. The van der Waals surface area contributed by atoms with Crippen LogP contribution in [0, 0.1) is 25.2 Å². The number of aryl methyl sites for hydroxylation is 2. The topological polar surface area (TPSA) is 48.7 Å². The van der Waals surface area contributed by atoms with Crippen LogP contribution in [0.2, 0.25) is 0 Å². The summed E-state index contributed by atoms with van der Waals surface area (Å²) in [4.78, 5) is 0. The normalized spacial score (nSPS) is 10.2. The van der Waals surface area contributed by atoms with E-state index in [1.54, 1.807) is 0 Å². The van der Waals surface area contributed by atoms with Gasteiger partial charge < -0.3 is 5.32 Å². The molecule has 0 saturated heterocycles. The molecule has 0 aliphatic carbocycles. The Morgan fingerprint density at radius 3 is 2.44 bits per heavy atom. The van der Waals surface area contributed by atoms with Crippen molar-refractivity contribution in [2.45, 2.75) is 13.8 Å². The maximum atomic E-state index is 9.10. The minimum absolute atomic E-state index is 0.597. The average molecular weight is 387 g/mol. The molecule has 1 aromatic heterocycles. The number of aromatic nitrogens is 1. The third-order valence-electron chi connectivity index (χ3n) is 2.40. The minimum Gasteiger partial charge on any atom is -0.343 e. The molecule has 0 saturated carbocycles. The van der Waals surface area contributed by atoms with Crippen LogP contribution in [0.15, 0.2) is 21.1 Å². The maximum absolute atomic E-state index is 9.10. The van der Waals surface area contributed by atoms with E-state index in [0.717, 1.165) is 30.9 Å². The second kappa shape index (κ2) is 5.39. The molecule has 0 atom stereocenters. The Balaban J connectivity index is 2.44. The standard InChI is InChI=1S/C12H9Br2N3S/c1-6-3-9(13)11(10(14)4-6)16-12-8(5-15)7(2)17-18-12/h3-4,16H,1-2H3. The summed E-state index contributed by atoms with van der Waals surface area (Å²) in [6.45, 7) is 3.86. The molecule has 0 radical (unpaired) electrons. The molecule has 0 fully saturated rings. The van der Waals surface area contributed by atoms with Crippen molar-refractivity contribution in [2.24, 2.45) is 0 Å². The van der Waals surface area contributed by atoms with Crippen LogP contribution in [0.3, 0.4) is 0 Å². The smallest absolute Gasteiger partial charge is 0.132 e. The molecular weight excluding hydrogens is 378 g/mol. The zero-order valence-electron chi connectivity index (χ0n) is 9.71. The van der Waals surface area contributed by atoms with Crippen molar-refractivity contribution in [2.75, 3.05) is 5.32 Å². The summed E-state index contributed by atoms with van der Waals surface area (Å²) in [5.74, 6) is 0. The summed E-state index contributed by atoms with van der Waals surface area (Å²) < 4.78 is 6.08. The van der Waals surface area contributed by atoms with Crippen LogP contribution in [0.5, 0.6) is 0 Å². The first kappa shape index (κ1) is 13.5. The third-order valence-corrected chi connectivity index (χ3v) is 4.50. The van der Waals surface area contributed by atoms with Crippen LogP contribution < -0.4 is 5.32 Å². The Morgan fingerprint density at radius 1 is 1.28 bits per heavy atom. The van der Waals surface area contributed by atoms with Gasteiger partial charge in [0.2, 0.25) is 0 Å². The second-order valence-electron chi connectivity index (χ2n) is 3.81. The molecule has 0 spiro atoms. The van der Waals surface area contributed by atoms with E-state index < -0.39 is 0 Å². The van der Waals surface area contributed by atoms with Crippen LogP contribution in [-0.2, 0) is 0 Å². The molecule has 1 heterocycles. The highest BCUT2D eigenvalue weighted by atomic mass is 79.9. The van der Waals surface area contributed by atoms with Crippen LogP contribution >= 0.6 is 43.4 Å². The second-order valence-corrected chi connectivity index (χ2v) is 6.29. The molecule has 6 heteroatoms. The Labute approximate surface area is 126 Å². The number of nitriles is 1. The lowest BCUT2D eigenvalue weighted by molar-refractivity contribution is 1.31. The van der Waals surface area contributed by atoms with Crippen LogP contribution in [0.4, 0.5) is 10.7 Å². The molecule has 0 aliphatic heterocycles. The molecule has 2 aromatic rings. The SMILES string of the molecule is Cc1cc(Br)c(Nc2snc(C)c2C#N)c(Br)c1. The lowest BCUT2D eigenvalue weighted by atomic mass is 10.2. The summed E-state index contributed by atoms with van der Waals surface area (Å²) in [6, 6.07) is 6.21. The average Bonchev–Trinajstić information content (AvgIpc) is 2.64. The van der Waals surface area contributed by atoms with Gasteiger partial charge in [0.25, 0.3) is 0 Å². The number of hydrogen-bond acceptors (Lipinski definition) is 4. The fourth-order valence-electron chi connectivity index (χ4n) is 1.52. The first-order valence-electron chi connectivity index (χ1n) is 5.12. The summed E-state index contributed by atoms with van der Waals surface area (Å²) in [5.41, 5.74) is 3.41. The minimum atomic E-state index is 0.597. The van der Waals surface area contributed by atoms with E-state index in [1.165, 1.54) is 11.5 Å². The molecule has 1 N–H and O–H groups in total. The number of nitrogens with zero attached hydrogens (tertiary/aromatic N) is 2. The number of nitrogens with one attached hydrogen (secondary N) is 1. The third kappa shape index (κ3) is 2.58. The largest absolute Gasteiger partial charge is 0.343 e. The monoisotopic (exact) mass is 385 g/mol. The van der Waals surface area contributed by atoms with E-state index in [1.807, 2.05) is 26.0 Å². The summed E-state index contributed by atoms with van der Waals surface area (Å²) in [5, 5.41) is 13.1. The molecule has 0 bridgehead atoms. The molecular formula is C12H9Br2N3S. The fraction of sp³-hybridized carbons (Fsp3) is 0.167. The summed E-state index contributed by atoms with van der Waals surface area (Å²) >= 11 is 8.33. The van der Waals surface area contributed by atoms with Crippen molar-refractivity contribution in [3.05, 3.63) is 37.9 Å². The van der Waals surface area contributed by atoms with Gasteiger partial charge in [-0.05, 0) is 74.9 Å². The highest BCUT2D eigenvalue weighted by Gasteiger charge is 2.13. The summed E-state index contributed by atoms with van der Waals surface area (Å²) in [6.07, 6.45) is 0. The number of benzene rings is 1. The van der Waals surface area contributed by atoms with Gasteiger partial charge in [-0.3, -0.25) is 0 Å². The molecule has 92 valence electrons. The molecule has 3 nitrogen and oxygen atoms in total. The van der Waals surface area contributed by atoms with E-state index >= 15 is 0 Å². The number of hydrogen-bond donors (Lipinski definition) is 1. The molecule has 2 rings (SSSR count). The zero-order chi connectivity index (χ0) is 13.3. The maximum Gasteiger partial charge on any atom is 0.132 e. The predicted molar refractivity (Wildman–Crippen MR) is 81.4 cm³/mol. The van der Waals surface area contributed by atoms with Gasteiger partial charge in [-0.25, -0.2) is 0 Å². The fourth-order valence-corrected chi connectivity index (χ4v) is 3.88. The van der Waals surface area contributed by atoms with Gasteiger partial charge in [-0.1, -0.05) is 0 Å². The van der Waals surface area contributed by atoms with E-state index in [2.05, 4.69) is 47.6 Å². The molecule has 0 amide bonds. The molecule has 0 unspecified atom stereocenters. The first-order valence-corrected chi connectivity index (χ1v) is 7.48. The Bertz CT molecular complexity index is 620. The Hall–Kier alpha value is -0.900. The highest BCUT2D eigenvalue weighted by Crippen LogP contribution is 2.37. The van der Waals surface area contributed by atoms with E-state index in [-0.39, 0.29) is 0 Å². The quantitative estimate of drug-likeness (QED) is 0.798. The van der Waals surface area contributed by atoms with Gasteiger partial charge in [0.05, 0.1) is 11.4 Å². The van der Waals surface area contributed by atoms with Gasteiger partial charge in [-0.15, -0.1) is 0 Å². The predicted octanol–water partition coefficient (Wildman–Crippen LogP) is 4.90.